The molecule has 0 fully saturated rings. The summed E-state index contributed by atoms with van der Waals surface area (Å²) in [6.45, 7) is 2.80. The molecule has 0 aliphatic heterocycles. The predicted molar refractivity (Wildman–Crippen MR) is 58.9 cm³/mol. The fourth-order valence-corrected chi connectivity index (χ4v) is 4.23. The molecule has 0 bridgehead atoms. The van der Waals surface area contributed by atoms with Crippen molar-refractivity contribution >= 4 is 37.1 Å². The molecule has 0 N–H and O–H groups in total. The van der Waals surface area contributed by atoms with Gasteiger partial charge in [0.2, 0.25) is 9.84 Å². The predicted octanol–water partition coefficient (Wildman–Crippen LogP) is 2.59. The number of hydrogen-bond donors (Lipinski definition) is 0. The summed E-state index contributed by atoms with van der Waals surface area (Å²) in [6, 6.07) is 3.31. The van der Waals surface area contributed by atoms with E-state index < -0.39 is 14.6 Å². The summed E-state index contributed by atoms with van der Waals surface area (Å²) in [7, 11) is -3.54. The summed E-state index contributed by atoms with van der Waals surface area (Å²) in [5, 5.41) is 10.4. The van der Waals surface area contributed by atoms with Crippen molar-refractivity contribution in [3.8, 4) is 6.07 Å². The van der Waals surface area contributed by atoms with Gasteiger partial charge in [-0.15, -0.1) is 11.3 Å². The lowest BCUT2D eigenvalue weighted by Gasteiger charge is -2.14. The number of thiophene rings is 1. The van der Waals surface area contributed by atoms with Crippen molar-refractivity contribution in [2.45, 2.75) is 22.8 Å². The Labute approximate surface area is 95.4 Å². The number of nitriles is 1. The van der Waals surface area contributed by atoms with Gasteiger partial charge in [0.05, 0.1) is 6.07 Å². The van der Waals surface area contributed by atoms with Crippen LogP contribution in [0.1, 0.15) is 13.8 Å². The molecular formula is C8H8BrNO2S2. The topological polar surface area (TPSA) is 57.9 Å². The molecule has 0 unspecified atom stereocenters. The van der Waals surface area contributed by atoms with E-state index >= 15 is 0 Å². The van der Waals surface area contributed by atoms with Crippen LogP contribution in [0.3, 0.4) is 0 Å². The molecule has 0 amide bonds. The Morgan fingerprint density at radius 3 is 2.50 bits per heavy atom. The van der Waals surface area contributed by atoms with E-state index in [1.165, 1.54) is 19.9 Å². The summed E-state index contributed by atoms with van der Waals surface area (Å²) < 4.78 is 23.3. The first-order valence-electron chi connectivity index (χ1n) is 3.71. The zero-order valence-corrected chi connectivity index (χ0v) is 10.8. The SMILES string of the molecule is CC(C)(C#N)S(=O)(=O)c1cc(Br)cs1. The van der Waals surface area contributed by atoms with Crippen LogP contribution in [-0.4, -0.2) is 13.2 Å². The third-order valence-electron chi connectivity index (χ3n) is 1.75. The van der Waals surface area contributed by atoms with Crippen LogP contribution >= 0.6 is 27.3 Å². The fourth-order valence-electron chi connectivity index (χ4n) is 0.747. The van der Waals surface area contributed by atoms with Crippen LogP contribution < -0.4 is 0 Å². The van der Waals surface area contributed by atoms with Gasteiger partial charge in [-0.05, 0) is 35.8 Å². The van der Waals surface area contributed by atoms with Crippen molar-refractivity contribution < 1.29 is 8.42 Å². The van der Waals surface area contributed by atoms with Gasteiger partial charge >= 0.3 is 0 Å². The van der Waals surface area contributed by atoms with Gasteiger partial charge in [0.25, 0.3) is 0 Å². The molecule has 6 heteroatoms. The minimum Gasteiger partial charge on any atom is -0.221 e. The second-order valence-corrected chi connectivity index (χ2v) is 7.76. The summed E-state index contributed by atoms with van der Waals surface area (Å²) in [6.07, 6.45) is 0. The lowest BCUT2D eigenvalue weighted by Crippen LogP contribution is -2.29. The second-order valence-electron chi connectivity index (χ2n) is 3.21. The summed E-state index contributed by atoms with van der Waals surface area (Å²) in [5.74, 6) is 0. The quantitative estimate of drug-likeness (QED) is 0.842. The monoisotopic (exact) mass is 293 g/mol. The highest BCUT2D eigenvalue weighted by Gasteiger charge is 2.36. The lowest BCUT2D eigenvalue weighted by atomic mass is 10.2. The van der Waals surface area contributed by atoms with Gasteiger partial charge in [-0.3, -0.25) is 0 Å². The highest BCUT2D eigenvalue weighted by Crippen LogP contribution is 2.31. The highest BCUT2D eigenvalue weighted by molar-refractivity contribution is 9.10. The van der Waals surface area contributed by atoms with E-state index in [4.69, 9.17) is 5.26 Å². The molecule has 0 radical (unpaired) electrons. The molecule has 76 valence electrons. The molecule has 0 saturated heterocycles. The van der Waals surface area contributed by atoms with Gasteiger partial charge in [-0.1, -0.05) is 0 Å². The van der Waals surface area contributed by atoms with Crippen LogP contribution in [0.15, 0.2) is 20.1 Å². The van der Waals surface area contributed by atoms with Crippen LogP contribution in [0.4, 0.5) is 0 Å². The Morgan fingerprint density at radius 2 is 2.14 bits per heavy atom. The Bertz CT molecular complexity index is 482. The Hall–Kier alpha value is -0.380. The Morgan fingerprint density at radius 1 is 1.57 bits per heavy atom. The van der Waals surface area contributed by atoms with E-state index in [1.807, 2.05) is 0 Å². The van der Waals surface area contributed by atoms with E-state index in [9.17, 15) is 8.42 Å². The van der Waals surface area contributed by atoms with Gasteiger partial charge in [0.15, 0.2) is 4.75 Å². The van der Waals surface area contributed by atoms with Crippen molar-refractivity contribution in [3.63, 3.8) is 0 Å². The number of nitrogens with zero attached hydrogens (tertiary/aromatic N) is 1. The molecule has 1 rings (SSSR count). The molecule has 0 aliphatic carbocycles. The minimum atomic E-state index is -3.54. The molecule has 0 aliphatic rings. The van der Waals surface area contributed by atoms with Crippen LogP contribution in [-0.2, 0) is 9.84 Å². The fraction of sp³-hybridized carbons (Fsp3) is 0.375. The zero-order chi connectivity index (χ0) is 11.0. The second kappa shape index (κ2) is 3.65. The smallest absolute Gasteiger partial charge is 0.206 e. The molecule has 1 aromatic heterocycles. The molecule has 3 nitrogen and oxygen atoms in total. The maximum absolute atomic E-state index is 11.9. The van der Waals surface area contributed by atoms with E-state index in [1.54, 1.807) is 11.4 Å². The first-order valence-corrected chi connectivity index (χ1v) is 6.87. The maximum Gasteiger partial charge on any atom is 0.206 e. The first kappa shape index (κ1) is 11.7. The van der Waals surface area contributed by atoms with Crippen molar-refractivity contribution in [2.24, 2.45) is 0 Å². The van der Waals surface area contributed by atoms with Crippen LogP contribution in [0.2, 0.25) is 0 Å². The van der Waals surface area contributed by atoms with Gasteiger partial charge in [-0.25, -0.2) is 8.42 Å². The molecular weight excluding hydrogens is 286 g/mol. The van der Waals surface area contributed by atoms with Gasteiger partial charge < -0.3 is 0 Å². The van der Waals surface area contributed by atoms with Crippen LogP contribution in [0, 0.1) is 11.3 Å². The Balaban J connectivity index is 3.31. The van der Waals surface area contributed by atoms with Crippen molar-refractivity contribution in [1.29, 1.82) is 5.26 Å². The standard InChI is InChI=1S/C8H8BrNO2S2/c1-8(2,5-10)14(11,12)7-3-6(9)4-13-7/h3-4H,1-2H3. The van der Waals surface area contributed by atoms with E-state index in [-0.39, 0.29) is 4.21 Å². The van der Waals surface area contributed by atoms with Gasteiger partial charge in [0, 0.05) is 9.85 Å². The van der Waals surface area contributed by atoms with Gasteiger partial charge in [-0.2, -0.15) is 5.26 Å². The summed E-state index contributed by atoms with van der Waals surface area (Å²) in [5.41, 5.74) is 0. The average molecular weight is 294 g/mol. The number of hydrogen-bond acceptors (Lipinski definition) is 4. The van der Waals surface area contributed by atoms with Crippen LogP contribution in [0.25, 0.3) is 0 Å². The highest BCUT2D eigenvalue weighted by atomic mass is 79.9. The van der Waals surface area contributed by atoms with Crippen molar-refractivity contribution in [1.82, 2.24) is 0 Å². The number of rotatable bonds is 2. The van der Waals surface area contributed by atoms with E-state index in [0.717, 1.165) is 15.8 Å². The molecule has 1 aromatic rings. The van der Waals surface area contributed by atoms with E-state index in [2.05, 4.69) is 15.9 Å². The van der Waals surface area contributed by atoms with Crippen LogP contribution in [0.5, 0.6) is 0 Å². The average Bonchev–Trinajstić information content (AvgIpc) is 2.52. The molecule has 0 atom stereocenters. The third kappa shape index (κ3) is 1.85. The zero-order valence-electron chi connectivity index (χ0n) is 7.61. The molecule has 0 spiro atoms. The molecule has 1 heterocycles. The number of halogens is 1. The minimum absolute atomic E-state index is 0.218. The molecule has 14 heavy (non-hydrogen) atoms. The first-order chi connectivity index (χ1) is 6.31. The summed E-state index contributed by atoms with van der Waals surface area (Å²) >= 11 is 4.29. The number of sulfone groups is 1. The van der Waals surface area contributed by atoms with E-state index in [0.29, 0.717) is 0 Å². The molecule has 0 aromatic carbocycles. The normalized spacial score (nSPS) is 12.4. The third-order valence-corrected chi connectivity index (χ3v) is 6.26. The van der Waals surface area contributed by atoms with Crippen molar-refractivity contribution in [2.75, 3.05) is 0 Å². The Kier molecular flexibility index (Phi) is 3.04. The van der Waals surface area contributed by atoms with Crippen molar-refractivity contribution in [3.05, 3.63) is 15.9 Å². The molecule has 0 saturated carbocycles. The summed E-state index contributed by atoms with van der Waals surface area (Å²) in [4.78, 5) is 0. The largest absolute Gasteiger partial charge is 0.221 e. The maximum atomic E-state index is 11.9. The van der Waals surface area contributed by atoms with Gasteiger partial charge in [0.1, 0.15) is 4.21 Å². The lowest BCUT2D eigenvalue weighted by molar-refractivity contribution is 0.576.